The van der Waals surface area contributed by atoms with Crippen LogP contribution in [-0.2, 0) is 9.59 Å². The number of pyridine rings is 1. The van der Waals surface area contributed by atoms with Gasteiger partial charge in [0.05, 0.1) is 17.4 Å². The maximum atomic E-state index is 12.4. The third kappa shape index (κ3) is 4.72. The Morgan fingerprint density at radius 3 is 2.55 bits per heavy atom. The van der Waals surface area contributed by atoms with Gasteiger partial charge in [-0.1, -0.05) is 18.2 Å². The molecule has 1 aliphatic heterocycles. The zero-order valence-corrected chi connectivity index (χ0v) is 18.3. The van der Waals surface area contributed by atoms with E-state index in [2.05, 4.69) is 26.8 Å². The van der Waals surface area contributed by atoms with Crippen LogP contribution in [0.1, 0.15) is 35.9 Å². The fraction of sp³-hybridized carbons (Fsp3) is 0.333. The van der Waals surface area contributed by atoms with E-state index in [1.807, 2.05) is 6.92 Å². The van der Waals surface area contributed by atoms with E-state index >= 15 is 0 Å². The minimum absolute atomic E-state index is 0.110. The number of carbonyl (C=O) groups is 3. The molecule has 3 amide bonds. The zero-order chi connectivity index (χ0) is 22.7. The molecule has 9 nitrogen and oxygen atoms in total. The van der Waals surface area contributed by atoms with Crippen molar-refractivity contribution in [2.45, 2.75) is 25.9 Å². The van der Waals surface area contributed by atoms with Gasteiger partial charge < -0.3 is 15.1 Å². The average molecular weight is 443 g/mol. The number of halogens is 1. The molecular weight excluding hydrogens is 420 g/mol. The number of aromatic nitrogens is 3. The van der Waals surface area contributed by atoms with E-state index in [1.165, 1.54) is 32.4 Å². The molecule has 0 saturated carbocycles. The molecule has 2 aromatic heterocycles. The second kappa shape index (κ2) is 9.22. The number of nitrogens with one attached hydrogen (secondary N) is 1. The highest BCUT2D eigenvalue weighted by Gasteiger charge is 2.36. The predicted molar refractivity (Wildman–Crippen MR) is 115 cm³/mol. The Hall–Kier alpha value is -3.33. The maximum Gasteiger partial charge on any atom is 0.269 e. The number of rotatable bonds is 4. The van der Waals surface area contributed by atoms with Crippen molar-refractivity contribution in [1.29, 1.82) is 0 Å². The highest BCUT2D eigenvalue weighted by molar-refractivity contribution is 6.29. The van der Waals surface area contributed by atoms with Gasteiger partial charge in [-0.05, 0) is 36.8 Å². The molecule has 3 heterocycles. The van der Waals surface area contributed by atoms with Crippen LogP contribution in [0.5, 0.6) is 0 Å². The van der Waals surface area contributed by atoms with Crippen LogP contribution >= 0.6 is 11.6 Å². The van der Waals surface area contributed by atoms with Gasteiger partial charge in [0, 0.05) is 33.1 Å². The van der Waals surface area contributed by atoms with E-state index < -0.39 is 6.04 Å². The summed E-state index contributed by atoms with van der Waals surface area (Å²) >= 11 is 6.30. The number of nitrogens with zero attached hydrogens (tertiary/aromatic N) is 5. The largest absolute Gasteiger partial charge is 0.354 e. The first-order valence-corrected chi connectivity index (χ1v) is 10.0. The normalized spacial score (nSPS) is 18.5. The van der Waals surface area contributed by atoms with E-state index in [-0.39, 0.29) is 34.6 Å². The molecule has 0 aliphatic carbocycles. The van der Waals surface area contributed by atoms with E-state index in [0.717, 1.165) is 0 Å². The molecule has 2 aromatic rings. The van der Waals surface area contributed by atoms with Gasteiger partial charge in [0.25, 0.3) is 5.91 Å². The van der Waals surface area contributed by atoms with Crippen molar-refractivity contribution in [2.24, 2.45) is 0 Å². The number of hydrogen-bond donors (Lipinski definition) is 1. The van der Waals surface area contributed by atoms with E-state index in [0.29, 0.717) is 30.0 Å². The summed E-state index contributed by atoms with van der Waals surface area (Å²) in [5.74, 6) is -0.665. The fourth-order valence-corrected chi connectivity index (χ4v) is 3.84. The first-order valence-electron chi connectivity index (χ1n) is 9.67. The Labute approximate surface area is 185 Å². The SMILES string of the molecule is C=CC(=O)N1C[C@H](c2cc(Cl)nc(-c3cc(C(=O)NC)ncn3)c2)N(C(C)=O)C[C@H]1C. The molecule has 10 heteroatoms. The predicted octanol–water partition coefficient (Wildman–Crippen LogP) is 1.86. The maximum absolute atomic E-state index is 12.4. The smallest absolute Gasteiger partial charge is 0.269 e. The molecule has 31 heavy (non-hydrogen) atoms. The number of piperazine rings is 1. The minimum atomic E-state index is -0.419. The highest BCUT2D eigenvalue weighted by Crippen LogP contribution is 2.31. The summed E-state index contributed by atoms with van der Waals surface area (Å²) in [5.41, 5.74) is 1.74. The van der Waals surface area contributed by atoms with Crippen molar-refractivity contribution in [3.05, 3.63) is 53.6 Å². The first-order chi connectivity index (χ1) is 14.7. The minimum Gasteiger partial charge on any atom is -0.354 e. The van der Waals surface area contributed by atoms with E-state index in [1.54, 1.807) is 21.9 Å². The van der Waals surface area contributed by atoms with Crippen LogP contribution in [-0.4, -0.2) is 68.7 Å². The second-order valence-electron chi connectivity index (χ2n) is 7.21. The molecule has 1 N–H and O–H groups in total. The molecule has 1 fully saturated rings. The van der Waals surface area contributed by atoms with Gasteiger partial charge in [0.2, 0.25) is 11.8 Å². The molecule has 162 valence electrons. The lowest BCUT2D eigenvalue weighted by atomic mass is 9.99. The summed E-state index contributed by atoms with van der Waals surface area (Å²) in [4.78, 5) is 52.5. The van der Waals surface area contributed by atoms with Gasteiger partial charge >= 0.3 is 0 Å². The molecule has 0 spiro atoms. The molecule has 2 atom stereocenters. The van der Waals surface area contributed by atoms with E-state index in [4.69, 9.17) is 11.6 Å². The van der Waals surface area contributed by atoms with Crippen LogP contribution in [0.25, 0.3) is 11.4 Å². The van der Waals surface area contributed by atoms with Gasteiger partial charge in [-0.15, -0.1) is 0 Å². The van der Waals surface area contributed by atoms with Crippen LogP contribution in [0.4, 0.5) is 0 Å². The van der Waals surface area contributed by atoms with Crippen molar-refractivity contribution in [1.82, 2.24) is 30.1 Å². The van der Waals surface area contributed by atoms with Gasteiger partial charge in [0.15, 0.2) is 0 Å². The number of amides is 3. The molecule has 1 saturated heterocycles. The summed E-state index contributed by atoms with van der Waals surface area (Å²) in [5, 5.41) is 2.72. The van der Waals surface area contributed by atoms with Crippen molar-refractivity contribution in [3.8, 4) is 11.4 Å². The summed E-state index contributed by atoms with van der Waals surface area (Å²) in [6, 6.07) is 4.37. The van der Waals surface area contributed by atoms with Gasteiger partial charge in [-0.25, -0.2) is 15.0 Å². The standard InChI is InChI=1S/C21H23ClN6O3/c1-5-20(30)27-10-18(28(13(3)29)9-12(27)2)14-6-16(26-19(22)7-14)15-8-17(21(31)23-4)25-11-24-15/h5-8,11-12,18H,1,9-10H2,2-4H3,(H,23,31)/t12-,18-/m1/s1. The Kier molecular flexibility index (Phi) is 6.65. The van der Waals surface area contributed by atoms with Crippen LogP contribution in [0.3, 0.4) is 0 Å². The summed E-state index contributed by atoms with van der Waals surface area (Å²) in [6.07, 6.45) is 2.54. The fourth-order valence-electron chi connectivity index (χ4n) is 3.62. The summed E-state index contributed by atoms with van der Waals surface area (Å²) in [7, 11) is 1.51. The monoisotopic (exact) mass is 442 g/mol. The van der Waals surface area contributed by atoms with Crippen molar-refractivity contribution < 1.29 is 14.4 Å². The van der Waals surface area contributed by atoms with Crippen molar-refractivity contribution in [3.63, 3.8) is 0 Å². The second-order valence-corrected chi connectivity index (χ2v) is 7.59. The summed E-state index contributed by atoms with van der Waals surface area (Å²) < 4.78 is 0. The molecule has 1 aliphatic rings. The topological polar surface area (TPSA) is 108 Å². The molecular formula is C21H23ClN6O3. The Morgan fingerprint density at radius 2 is 1.90 bits per heavy atom. The van der Waals surface area contributed by atoms with Crippen molar-refractivity contribution >= 4 is 29.3 Å². The Bertz CT molecular complexity index is 1040. The van der Waals surface area contributed by atoms with Crippen LogP contribution in [0, 0.1) is 0 Å². The lowest BCUT2D eigenvalue weighted by molar-refractivity contribution is -0.142. The molecule has 0 aromatic carbocycles. The molecule has 0 radical (unpaired) electrons. The molecule has 0 unspecified atom stereocenters. The van der Waals surface area contributed by atoms with Crippen LogP contribution < -0.4 is 5.32 Å². The van der Waals surface area contributed by atoms with Gasteiger partial charge in [-0.2, -0.15) is 0 Å². The molecule has 3 rings (SSSR count). The van der Waals surface area contributed by atoms with Crippen LogP contribution in [0.15, 0.2) is 37.2 Å². The summed E-state index contributed by atoms with van der Waals surface area (Å²) in [6.45, 7) is 7.62. The number of carbonyl (C=O) groups excluding carboxylic acids is 3. The van der Waals surface area contributed by atoms with Crippen LogP contribution in [0.2, 0.25) is 5.15 Å². The van der Waals surface area contributed by atoms with E-state index in [9.17, 15) is 14.4 Å². The number of hydrogen-bond acceptors (Lipinski definition) is 6. The van der Waals surface area contributed by atoms with Gasteiger partial charge in [-0.3, -0.25) is 14.4 Å². The Balaban J connectivity index is 2.04. The average Bonchev–Trinajstić information content (AvgIpc) is 2.77. The quantitative estimate of drug-likeness (QED) is 0.572. The third-order valence-corrected chi connectivity index (χ3v) is 5.39. The Morgan fingerprint density at radius 1 is 1.16 bits per heavy atom. The highest BCUT2D eigenvalue weighted by atomic mass is 35.5. The lowest BCUT2D eigenvalue weighted by Crippen LogP contribution is -2.56. The molecule has 0 bridgehead atoms. The lowest BCUT2D eigenvalue weighted by Gasteiger charge is -2.45. The van der Waals surface area contributed by atoms with Crippen molar-refractivity contribution in [2.75, 3.05) is 20.1 Å². The zero-order valence-electron chi connectivity index (χ0n) is 17.5. The van der Waals surface area contributed by atoms with Gasteiger partial charge in [0.1, 0.15) is 17.2 Å². The first kappa shape index (κ1) is 22.4. The third-order valence-electron chi connectivity index (χ3n) is 5.19.